The van der Waals surface area contributed by atoms with E-state index in [-0.39, 0.29) is 22.5 Å². The Morgan fingerprint density at radius 1 is 1.11 bits per heavy atom. The number of hydrogen-bond acceptors (Lipinski definition) is 5. The molecule has 0 saturated carbocycles. The Hall–Kier alpha value is -2.46. The zero-order valence-corrected chi connectivity index (χ0v) is 16.7. The van der Waals surface area contributed by atoms with E-state index in [1.54, 1.807) is 0 Å². The molecule has 0 N–H and O–H groups in total. The van der Waals surface area contributed by atoms with Crippen molar-refractivity contribution < 1.29 is 31.1 Å². The maximum atomic E-state index is 13.6. The van der Waals surface area contributed by atoms with Crippen molar-refractivity contribution in [3.63, 3.8) is 0 Å². The minimum absolute atomic E-state index is 0.0224. The lowest BCUT2D eigenvalue weighted by atomic mass is 9.94. The summed E-state index contributed by atoms with van der Waals surface area (Å²) in [5.41, 5.74) is -2.17. The van der Waals surface area contributed by atoms with E-state index in [0.717, 1.165) is 23.5 Å². The first-order valence-electron chi connectivity index (χ1n) is 8.02. The Morgan fingerprint density at radius 3 is 2.18 bits per heavy atom. The predicted octanol–water partition coefficient (Wildman–Crippen LogP) is 3.42. The number of rotatable bonds is 4. The summed E-state index contributed by atoms with van der Waals surface area (Å²) >= 11 is 0. The fourth-order valence-electron chi connectivity index (χ4n) is 2.89. The van der Waals surface area contributed by atoms with Gasteiger partial charge in [-0.15, -0.1) is 0 Å². The molecule has 2 aromatic rings. The maximum absolute atomic E-state index is 13.6. The third kappa shape index (κ3) is 3.74. The van der Waals surface area contributed by atoms with Crippen molar-refractivity contribution >= 4 is 16.0 Å². The third-order valence-electron chi connectivity index (χ3n) is 4.13. The van der Waals surface area contributed by atoms with Crippen LogP contribution in [0.1, 0.15) is 27.3 Å². The zero-order chi connectivity index (χ0) is 21.4. The van der Waals surface area contributed by atoms with Crippen LogP contribution in [0.15, 0.2) is 29.2 Å². The summed E-state index contributed by atoms with van der Waals surface area (Å²) < 4.78 is 72.4. The van der Waals surface area contributed by atoms with Crippen LogP contribution in [0.25, 0.3) is 11.1 Å². The molecule has 2 rings (SSSR count). The molecular weight excluding hydrogens is 397 g/mol. The molecule has 0 bridgehead atoms. The number of sulfonamides is 1. The SMILES string of the molecule is COC(=O)c1c(C)nc(C)c(S(=O)(=O)N(C)C)c1-c1ccccc1C(F)(F)F. The second kappa shape index (κ2) is 7.51. The van der Waals surface area contributed by atoms with Gasteiger partial charge in [0.15, 0.2) is 0 Å². The van der Waals surface area contributed by atoms with Crippen molar-refractivity contribution in [1.29, 1.82) is 0 Å². The second-order valence-corrected chi connectivity index (χ2v) is 8.27. The molecule has 0 aliphatic heterocycles. The van der Waals surface area contributed by atoms with Crippen LogP contribution < -0.4 is 0 Å². The first kappa shape index (κ1) is 21.8. The molecule has 1 aromatic heterocycles. The van der Waals surface area contributed by atoms with Gasteiger partial charge in [-0.1, -0.05) is 18.2 Å². The number of ether oxygens (including phenoxy) is 1. The van der Waals surface area contributed by atoms with Gasteiger partial charge in [-0.2, -0.15) is 13.2 Å². The largest absolute Gasteiger partial charge is 0.465 e. The Bertz CT molecular complexity index is 1030. The molecule has 0 saturated heterocycles. The van der Waals surface area contributed by atoms with Crippen LogP contribution in [0, 0.1) is 13.8 Å². The highest BCUT2D eigenvalue weighted by Crippen LogP contribution is 2.42. The van der Waals surface area contributed by atoms with Crippen LogP contribution in [0.2, 0.25) is 0 Å². The van der Waals surface area contributed by atoms with Crippen molar-refractivity contribution in [2.75, 3.05) is 21.2 Å². The van der Waals surface area contributed by atoms with Crippen LogP contribution in [-0.2, 0) is 20.9 Å². The van der Waals surface area contributed by atoms with Crippen LogP contribution in [-0.4, -0.2) is 44.9 Å². The summed E-state index contributed by atoms with van der Waals surface area (Å²) in [6.45, 7) is 2.77. The summed E-state index contributed by atoms with van der Waals surface area (Å²) in [6, 6.07) is 4.47. The van der Waals surface area contributed by atoms with Gasteiger partial charge in [0, 0.05) is 19.7 Å². The maximum Gasteiger partial charge on any atom is 0.417 e. The highest BCUT2D eigenvalue weighted by Gasteiger charge is 2.38. The molecule has 0 amide bonds. The van der Waals surface area contributed by atoms with Crippen LogP contribution in [0.4, 0.5) is 13.2 Å². The van der Waals surface area contributed by atoms with Gasteiger partial charge >= 0.3 is 12.1 Å². The zero-order valence-electron chi connectivity index (χ0n) is 15.9. The first-order valence-corrected chi connectivity index (χ1v) is 9.46. The van der Waals surface area contributed by atoms with E-state index in [0.29, 0.717) is 0 Å². The Labute approximate surface area is 161 Å². The molecule has 6 nitrogen and oxygen atoms in total. The van der Waals surface area contributed by atoms with E-state index < -0.39 is 38.2 Å². The number of hydrogen-bond donors (Lipinski definition) is 0. The Balaban J connectivity index is 3.16. The standard InChI is InChI=1S/C18H19F3N2O4S/c1-10-14(17(24)27-5)15(12-8-6-7-9-13(12)18(19,20)21)16(11(2)22-10)28(25,26)23(3)4/h6-9H,1-5H3. The van der Waals surface area contributed by atoms with Gasteiger partial charge in [0.1, 0.15) is 4.90 Å². The van der Waals surface area contributed by atoms with Gasteiger partial charge in [0.2, 0.25) is 10.0 Å². The van der Waals surface area contributed by atoms with Crippen molar-refractivity contribution in [3.8, 4) is 11.1 Å². The molecule has 152 valence electrons. The van der Waals surface area contributed by atoms with Crippen LogP contribution in [0.3, 0.4) is 0 Å². The normalized spacial score (nSPS) is 12.3. The summed E-state index contributed by atoms with van der Waals surface area (Å²) in [4.78, 5) is 16.0. The number of methoxy groups -OCH3 is 1. The molecule has 0 atom stereocenters. The van der Waals surface area contributed by atoms with Gasteiger partial charge in [-0.3, -0.25) is 4.98 Å². The van der Waals surface area contributed by atoms with Crippen molar-refractivity contribution in [3.05, 3.63) is 46.8 Å². The smallest absolute Gasteiger partial charge is 0.417 e. The molecule has 1 heterocycles. The van der Waals surface area contributed by atoms with Gasteiger partial charge in [-0.25, -0.2) is 17.5 Å². The first-order chi connectivity index (χ1) is 12.8. The van der Waals surface area contributed by atoms with Crippen molar-refractivity contribution in [1.82, 2.24) is 9.29 Å². The van der Waals surface area contributed by atoms with E-state index in [2.05, 4.69) is 4.98 Å². The van der Waals surface area contributed by atoms with E-state index in [1.165, 1.54) is 40.1 Å². The minimum Gasteiger partial charge on any atom is -0.465 e. The minimum atomic E-state index is -4.77. The van der Waals surface area contributed by atoms with E-state index in [4.69, 9.17) is 4.74 Å². The number of esters is 1. The summed E-state index contributed by atoms with van der Waals surface area (Å²) in [6.07, 6.45) is -4.77. The van der Waals surface area contributed by atoms with E-state index in [9.17, 15) is 26.4 Å². The number of halogens is 3. The predicted molar refractivity (Wildman–Crippen MR) is 96.4 cm³/mol. The number of aryl methyl sites for hydroxylation is 2. The molecule has 1 aromatic carbocycles. The number of alkyl halides is 3. The lowest BCUT2D eigenvalue weighted by Gasteiger charge is -2.22. The molecule has 10 heteroatoms. The number of benzene rings is 1. The summed E-state index contributed by atoms with van der Waals surface area (Å²) in [5.74, 6) is -0.979. The number of carbonyl (C=O) groups excluding carboxylic acids is 1. The van der Waals surface area contributed by atoms with Crippen LogP contribution >= 0.6 is 0 Å². The van der Waals surface area contributed by atoms with Crippen molar-refractivity contribution in [2.24, 2.45) is 0 Å². The highest BCUT2D eigenvalue weighted by molar-refractivity contribution is 7.89. The number of pyridine rings is 1. The van der Waals surface area contributed by atoms with Crippen LogP contribution in [0.5, 0.6) is 0 Å². The average molecular weight is 416 g/mol. The van der Waals surface area contributed by atoms with E-state index in [1.807, 2.05) is 0 Å². The number of nitrogens with zero attached hydrogens (tertiary/aromatic N) is 2. The molecule has 0 spiro atoms. The molecule has 0 radical (unpaired) electrons. The van der Waals surface area contributed by atoms with Gasteiger partial charge in [0.05, 0.1) is 29.6 Å². The van der Waals surface area contributed by atoms with Crippen molar-refractivity contribution in [2.45, 2.75) is 24.9 Å². The molecule has 0 aliphatic rings. The third-order valence-corrected chi connectivity index (χ3v) is 6.11. The molecule has 0 fully saturated rings. The van der Waals surface area contributed by atoms with Gasteiger partial charge in [0.25, 0.3) is 0 Å². The summed E-state index contributed by atoms with van der Waals surface area (Å²) in [5, 5.41) is 0. The average Bonchev–Trinajstić information content (AvgIpc) is 2.59. The number of carbonyl (C=O) groups is 1. The monoisotopic (exact) mass is 416 g/mol. The second-order valence-electron chi connectivity index (χ2n) is 6.18. The van der Waals surface area contributed by atoms with Gasteiger partial charge < -0.3 is 4.74 Å². The summed E-state index contributed by atoms with van der Waals surface area (Å²) in [7, 11) is -0.693. The molecule has 0 unspecified atom stereocenters. The Kier molecular flexibility index (Phi) is 5.86. The fraction of sp³-hybridized carbons (Fsp3) is 0.333. The lowest BCUT2D eigenvalue weighted by molar-refractivity contribution is -0.137. The van der Waals surface area contributed by atoms with Gasteiger partial charge in [-0.05, 0) is 25.5 Å². The molecule has 28 heavy (non-hydrogen) atoms. The highest BCUT2D eigenvalue weighted by atomic mass is 32.2. The number of aromatic nitrogens is 1. The molecule has 0 aliphatic carbocycles. The molecular formula is C18H19F3N2O4S. The van der Waals surface area contributed by atoms with E-state index >= 15 is 0 Å². The quantitative estimate of drug-likeness (QED) is 0.714. The fourth-order valence-corrected chi connectivity index (χ4v) is 4.14. The topological polar surface area (TPSA) is 76.6 Å². The lowest BCUT2D eigenvalue weighted by Crippen LogP contribution is -2.26. The Morgan fingerprint density at radius 2 is 1.68 bits per heavy atom.